The highest BCUT2D eigenvalue weighted by Gasteiger charge is 2.12. The molecule has 0 spiro atoms. The summed E-state index contributed by atoms with van der Waals surface area (Å²) < 4.78 is 26.4. The molecule has 0 aliphatic rings. The lowest BCUT2D eigenvalue weighted by Gasteiger charge is -2.06. The van der Waals surface area contributed by atoms with E-state index in [0.29, 0.717) is 5.56 Å². The number of hydrogen-bond donors (Lipinski definition) is 3. The molecule has 1 amide bonds. The van der Waals surface area contributed by atoms with Crippen molar-refractivity contribution in [3.63, 3.8) is 0 Å². The molecule has 0 saturated carbocycles. The lowest BCUT2D eigenvalue weighted by atomic mass is 10.2. The number of hydrogen-bond acceptors (Lipinski definition) is 4. The largest absolute Gasteiger partial charge is 0.409 e. The molecule has 0 unspecified atom stereocenters. The molecule has 108 valence electrons. The van der Waals surface area contributed by atoms with E-state index in [1.165, 1.54) is 18.3 Å². The molecule has 1 aromatic carbocycles. The molecule has 8 heteroatoms. The SMILES string of the molecule is NC(=NO)c1ccc(C(=O)Nc2cc(F)ccc2F)nc1. The van der Waals surface area contributed by atoms with E-state index >= 15 is 0 Å². The Labute approximate surface area is 117 Å². The number of amidine groups is 1. The monoisotopic (exact) mass is 292 g/mol. The number of anilines is 1. The third kappa shape index (κ3) is 3.30. The third-order valence-electron chi connectivity index (χ3n) is 2.58. The Balaban J connectivity index is 2.19. The number of oxime groups is 1. The zero-order valence-corrected chi connectivity index (χ0v) is 10.5. The van der Waals surface area contributed by atoms with Crippen LogP contribution in [0.1, 0.15) is 16.1 Å². The molecule has 4 N–H and O–H groups in total. The van der Waals surface area contributed by atoms with Gasteiger partial charge in [-0.25, -0.2) is 8.78 Å². The van der Waals surface area contributed by atoms with Gasteiger partial charge >= 0.3 is 0 Å². The quantitative estimate of drug-likeness (QED) is 0.347. The highest BCUT2D eigenvalue weighted by Crippen LogP contribution is 2.16. The summed E-state index contributed by atoms with van der Waals surface area (Å²) in [6.45, 7) is 0. The standard InChI is InChI=1S/C13H10F2N4O2/c14-8-2-3-9(15)11(5-8)18-13(20)10-4-1-7(6-17-10)12(16)19-21/h1-6,21H,(H2,16,19)(H,18,20). The fourth-order valence-electron chi connectivity index (χ4n) is 1.52. The third-order valence-corrected chi connectivity index (χ3v) is 2.58. The minimum atomic E-state index is -0.766. The Morgan fingerprint density at radius 3 is 2.67 bits per heavy atom. The highest BCUT2D eigenvalue weighted by molar-refractivity contribution is 6.03. The molecule has 6 nitrogen and oxygen atoms in total. The molecule has 0 aliphatic heterocycles. The Morgan fingerprint density at radius 2 is 2.05 bits per heavy atom. The van der Waals surface area contributed by atoms with Crippen molar-refractivity contribution in [1.82, 2.24) is 4.98 Å². The topological polar surface area (TPSA) is 101 Å². The van der Waals surface area contributed by atoms with Crippen molar-refractivity contribution in [3.05, 3.63) is 59.4 Å². The summed E-state index contributed by atoms with van der Waals surface area (Å²) in [4.78, 5) is 15.7. The number of nitrogens with zero attached hydrogens (tertiary/aromatic N) is 2. The number of benzene rings is 1. The first kappa shape index (κ1) is 14.4. The number of pyridine rings is 1. The smallest absolute Gasteiger partial charge is 0.274 e. The fourth-order valence-corrected chi connectivity index (χ4v) is 1.52. The van der Waals surface area contributed by atoms with Crippen LogP contribution < -0.4 is 11.1 Å². The van der Waals surface area contributed by atoms with Gasteiger partial charge < -0.3 is 16.3 Å². The van der Waals surface area contributed by atoms with E-state index in [1.807, 2.05) is 0 Å². The van der Waals surface area contributed by atoms with Gasteiger partial charge in [-0.3, -0.25) is 9.78 Å². The van der Waals surface area contributed by atoms with Crippen molar-refractivity contribution in [1.29, 1.82) is 0 Å². The summed E-state index contributed by atoms with van der Waals surface area (Å²) in [5.41, 5.74) is 5.34. The van der Waals surface area contributed by atoms with Crippen LogP contribution in [0.2, 0.25) is 0 Å². The number of rotatable bonds is 3. The summed E-state index contributed by atoms with van der Waals surface area (Å²) in [6, 6.07) is 5.41. The van der Waals surface area contributed by atoms with Crippen LogP contribution in [0.25, 0.3) is 0 Å². The van der Waals surface area contributed by atoms with Crippen molar-refractivity contribution >= 4 is 17.4 Å². The molecule has 0 atom stereocenters. The van der Waals surface area contributed by atoms with Crippen molar-refractivity contribution in [2.75, 3.05) is 5.32 Å². The van der Waals surface area contributed by atoms with Crippen molar-refractivity contribution in [2.45, 2.75) is 0 Å². The summed E-state index contributed by atoms with van der Waals surface area (Å²) in [6.07, 6.45) is 1.21. The lowest BCUT2D eigenvalue weighted by molar-refractivity contribution is 0.102. The second kappa shape index (κ2) is 5.95. The fraction of sp³-hybridized carbons (Fsp3) is 0. The van der Waals surface area contributed by atoms with E-state index in [0.717, 1.165) is 18.2 Å². The molecule has 0 bridgehead atoms. The van der Waals surface area contributed by atoms with Gasteiger partial charge in [0.15, 0.2) is 5.84 Å². The number of nitrogens with one attached hydrogen (secondary N) is 1. The molecule has 2 aromatic rings. The van der Waals surface area contributed by atoms with Crippen LogP contribution in [0, 0.1) is 11.6 Å². The molecule has 21 heavy (non-hydrogen) atoms. The first-order valence-corrected chi connectivity index (χ1v) is 5.71. The van der Waals surface area contributed by atoms with E-state index in [4.69, 9.17) is 10.9 Å². The molecule has 1 heterocycles. The van der Waals surface area contributed by atoms with E-state index in [1.54, 1.807) is 0 Å². The molecule has 1 aromatic heterocycles. The Kier molecular flexibility index (Phi) is 4.07. The predicted octanol–water partition coefficient (Wildman–Crippen LogP) is 1.71. The molecular formula is C13H10F2N4O2. The lowest BCUT2D eigenvalue weighted by Crippen LogP contribution is -2.17. The second-order valence-electron chi connectivity index (χ2n) is 4.00. The van der Waals surface area contributed by atoms with Gasteiger partial charge in [0, 0.05) is 17.8 Å². The first-order valence-electron chi connectivity index (χ1n) is 5.71. The maximum Gasteiger partial charge on any atom is 0.274 e. The number of carbonyl (C=O) groups excluding carboxylic acids is 1. The van der Waals surface area contributed by atoms with Crippen LogP contribution in [0.4, 0.5) is 14.5 Å². The van der Waals surface area contributed by atoms with E-state index in [9.17, 15) is 13.6 Å². The molecule has 0 radical (unpaired) electrons. The van der Waals surface area contributed by atoms with Gasteiger partial charge in [0.25, 0.3) is 5.91 Å². The normalized spacial score (nSPS) is 11.2. The van der Waals surface area contributed by atoms with Crippen molar-refractivity contribution < 1.29 is 18.8 Å². The number of halogens is 2. The Hall–Kier alpha value is -3.03. The van der Waals surface area contributed by atoms with Gasteiger partial charge in [0.05, 0.1) is 5.69 Å². The Bertz CT molecular complexity index is 702. The summed E-state index contributed by atoms with van der Waals surface area (Å²) >= 11 is 0. The van der Waals surface area contributed by atoms with Crippen LogP contribution in [-0.4, -0.2) is 21.9 Å². The van der Waals surface area contributed by atoms with Crippen LogP contribution >= 0.6 is 0 Å². The maximum atomic E-state index is 13.4. The number of aromatic nitrogens is 1. The van der Waals surface area contributed by atoms with Gasteiger partial charge in [-0.05, 0) is 24.3 Å². The number of carbonyl (C=O) groups is 1. The molecule has 0 saturated heterocycles. The van der Waals surface area contributed by atoms with Crippen LogP contribution in [0.5, 0.6) is 0 Å². The minimum Gasteiger partial charge on any atom is -0.409 e. The summed E-state index contributed by atoms with van der Waals surface area (Å²) in [5.74, 6) is -2.32. The van der Waals surface area contributed by atoms with Crippen molar-refractivity contribution in [3.8, 4) is 0 Å². The van der Waals surface area contributed by atoms with Crippen LogP contribution in [-0.2, 0) is 0 Å². The molecule has 0 aliphatic carbocycles. The van der Waals surface area contributed by atoms with Gasteiger partial charge in [-0.15, -0.1) is 0 Å². The van der Waals surface area contributed by atoms with Gasteiger partial charge in [-0.1, -0.05) is 5.16 Å². The zero-order valence-electron chi connectivity index (χ0n) is 10.5. The average Bonchev–Trinajstić information content (AvgIpc) is 2.50. The summed E-state index contributed by atoms with van der Waals surface area (Å²) in [5, 5.41) is 13.5. The van der Waals surface area contributed by atoms with E-state index in [-0.39, 0.29) is 17.2 Å². The van der Waals surface area contributed by atoms with Gasteiger partial charge in [-0.2, -0.15) is 0 Å². The Morgan fingerprint density at radius 1 is 1.29 bits per heavy atom. The molecular weight excluding hydrogens is 282 g/mol. The van der Waals surface area contributed by atoms with E-state index < -0.39 is 17.5 Å². The first-order chi connectivity index (χ1) is 10.0. The summed E-state index contributed by atoms with van der Waals surface area (Å²) in [7, 11) is 0. The van der Waals surface area contributed by atoms with Crippen LogP contribution in [0.3, 0.4) is 0 Å². The molecule has 0 fully saturated rings. The minimum absolute atomic E-state index is 0.0341. The van der Waals surface area contributed by atoms with Crippen LogP contribution in [0.15, 0.2) is 41.7 Å². The van der Waals surface area contributed by atoms with Gasteiger partial charge in [0.1, 0.15) is 17.3 Å². The zero-order chi connectivity index (χ0) is 15.4. The number of nitrogens with two attached hydrogens (primary N) is 1. The van der Waals surface area contributed by atoms with Crippen molar-refractivity contribution in [2.24, 2.45) is 10.9 Å². The number of amides is 1. The maximum absolute atomic E-state index is 13.4. The predicted molar refractivity (Wildman–Crippen MR) is 71.1 cm³/mol. The second-order valence-corrected chi connectivity index (χ2v) is 4.00. The van der Waals surface area contributed by atoms with Gasteiger partial charge in [0.2, 0.25) is 0 Å². The average molecular weight is 292 g/mol. The highest BCUT2D eigenvalue weighted by atomic mass is 19.1. The molecule has 2 rings (SSSR count). The van der Waals surface area contributed by atoms with E-state index in [2.05, 4.69) is 15.5 Å².